The fourth-order valence-corrected chi connectivity index (χ4v) is 9.27. The van der Waals surface area contributed by atoms with Crippen molar-refractivity contribution in [3.63, 3.8) is 0 Å². The molecule has 7 atom stereocenters. The lowest BCUT2D eigenvalue weighted by atomic mass is 9.69. The molecule has 3 fully saturated rings. The summed E-state index contributed by atoms with van der Waals surface area (Å²) >= 11 is 0. The lowest BCUT2D eigenvalue weighted by Crippen LogP contribution is -2.99. The Hall–Kier alpha value is -2.76. The number of rotatable bonds is 7. The Bertz CT molecular complexity index is 1390. The summed E-state index contributed by atoms with van der Waals surface area (Å²) in [5.41, 5.74) is 3.32. The van der Waals surface area contributed by atoms with Crippen molar-refractivity contribution in [1.82, 2.24) is 14.4 Å². The molecule has 0 spiro atoms. The molecule has 5 aliphatic rings. The Morgan fingerprint density at radius 2 is 2.00 bits per heavy atom. The summed E-state index contributed by atoms with van der Waals surface area (Å²) in [7, 11) is 1.69. The summed E-state index contributed by atoms with van der Waals surface area (Å²) in [6, 6.07) is 11.4. The van der Waals surface area contributed by atoms with Gasteiger partial charge in [-0.1, -0.05) is 12.5 Å². The number of amides is 1. The minimum atomic E-state index is -0.951. The third-order valence-corrected chi connectivity index (χ3v) is 11.1. The molecule has 43 heavy (non-hydrogen) atoms. The molecule has 3 saturated heterocycles. The minimum absolute atomic E-state index is 0.0295. The first kappa shape index (κ1) is 29.0. The molecule has 2 bridgehead atoms. The first-order valence-corrected chi connectivity index (χ1v) is 16.3. The summed E-state index contributed by atoms with van der Waals surface area (Å²) in [6.45, 7) is 5.44. The second-order valence-electron chi connectivity index (χ2n) is 13.5. The van der Waals surface area contributed by atoms with Crippen LogP contribution in [0.4, 0.5) is 11.4 Å². The number of aromatic nitrogens is 1. The molecular weight excluding hydrogens is 546 g/mol. The van der Waals surface area contributed by atoms with Crippen molar-refractivity contribution in [2.24, 2.45) is 17.8 Å². The van der Waals surface area contributed by atoms with Gasteiger partial charge in [0.05, 0.1) is 12.5 Å². The molecule has 1 aromatic heterocycles. The van der Waals surface area contributed by atoms with E-state index in [0.717, 1.165) is 36.3 Å². The molecule has 5 aliphatic heterocycles. The second-order valence-corrected chi connectivity index (χ2v) is 13.5. The average molecular weight is 592 g/mol. The number of nitrogens with zero attached hydrogens (tertiary/aromatic N) is 4. The first-order valence-electron chi connectivity index (χ1n) is 16.3. The summed E-state index contributed by atoms with van der Waals surface area (Å²) in [5, 5.41) is 20.8. The molecule has 2 N–H and O–H groups in total. The van der Waals surface area contributed by atoms with Gasteiger partial charge in [-0.05, 0) is 81.1 Å². The summed E-state index contributed by atoms with van der Waals surface area (Å²) < 4.78 is 7.44. The van der Waals surface area contributed by atoms with Gasteiger partial charge in [-0.2, -0.15) is 5.23 Å². The molecule has 10 heteroatoms. The molecule has 1 amide bonds. The number of piperidine rings is 3. The van der Waals surface area contributed by atoms with E-state index < -0.39 is 5.23 Å². The van der Waals surface area contributed by atoms with Crippen LogP contribution in [0.2, 0.25) is 0 Å². The molecule has 2 aromatic rings. The number of methoxy groups -OCH3 is 1. The van der Waals surface area contributed by atoms with E-state index in [9.17, 15) is 20.0 Å². The van der Waals surface area contributed by atoms with Crippen LogP contribution in [0, 0.1) is 23.0 Å². The molecule has 232 valence electrons. The fourth-order valence-electron chi connectivity index (χ4n) is 9.27. The van der Waals surface area contributed by atoms with Crippen LogP contribution in [-0.2, 0) is 22.5 Å². The van der Waals surface area contributed by atoms with Crippen molar-refractivity contribution >= 4 is 17.3 Å². The molecule has 6 heterocycles. The third kappa shape index (κ3) is 5.31. The molecule has 10 nitrogen and oxygen atoms in total. The largest absolute Gasteiger partial charge is 0.595 e. The van der Waals surface area contributed by atoms with E-state index >= 15 is 0 Å². The molecule has 7 rings (SSSR count). The lowest BCUT2D eigenvalue weighted by molar-refractivity contribution is -0.991. The topological polar surface area (TPSA) is 106 Å². The number of hydrogen-bond acceptors (Lipinski definition) is 7. The summed E-state index contributed by atoms with van der Waals surface area (Å²) in [4.78, 5) is 34.9. The zero-order chi connectivity index (χ0) is 29.7. The van der Waals surface area contributed by atoms with Crippen molar-refractivity contribution in [3.8, 4) is 0 Å². The fraction of sp³-hybridized carbons (Fsp3) is 0.636. The molecule has 0 saturated carbocycles. The second kappa shape index (κ2) is 12.0. The highest BCUT2D eigenvalue weighted by Crippen LogP contribution is 2.48. The number of quaternary nitrogens is 1. The van der Waals surface area contributed by atoms with Crippen LogP contribution in [0.15, 0.2) is 41.2 Å². The van der Waals surface area contributed by atoms with E-state index in [4.69, 9.17) is 4.74 Å². The van der Waals surface area contributed by atoms with Crippen molar-refractivity contribution in [3.05, 3.63) is 63.2 Å². The van der Waals surface area contributed by atoms with Gasteiger partial charge in [0.15, 0.2) is 5.69 Å². The highest BCUT2D eigenvalue weighted by atomic mass is 16.8. The smallest absolute Gasteiger partial charge is 0.250 e. The van der Waals surface area contributed by atoms with Crippen molar-refractivity contribution in [2.45, 2.75) is 69.5 Å². The van der Waals surface area contributed by atoms with Crippen LogP contribution in [0.1, 0.15) is 55.7 Å². The molecule has 0 aliphatic carbocycles. The Morgan fingerprint density at radius 3 is 2.84 bits per heavy atom. The van der Waals surface area contributed by atoms with Crippen molar-refractivity contribution in [1.29, 1.82) is 0 Å². The Labute approximate surface area is 253 Å². The predicted octanol–water partition coefficient (Wildman–Crippen LogP) is 2.16. The number of ether oxygens (including phenoxy) is 1. The predicted molar refractivity (Wildman–Crippen MR) is 162 cm³/mol. The van der Waals surface area contributed by atoms with Crippen LogP contribution in [0.5, 0.6) is 0 Å². The first-order chi connectivity index (χ1) is 20.9. The van der Waals surface area contributed by atoms with E-state index in [1.54, 1.807) is 25.3 Å². The number of fused-ring (bicyclic) bond motifs is 9. The van der Waals surface area contributed by atoms with Crippen LogP contribution in [0.25, 0.3) is 0 Å². The maximum atomic E-state index is 14.8. The number of nitrogens with one attached hydrogen (secondary N) is 1. The number of carbonyl (C=O) groups excluding carboxylic acids is 1. The van der Waals surface area contributed by atoms with Gasteiger partial charge in [-0.25, -0.2) is 5.21 Å². The number of pyridine rings is 1. The van der Waals surface area contributed by atoms with E-state index in [2.05, 4.69) is 20.8 Å². The number of benzene rings is 1. The highest BCUT2D eigenvalue weighted by Gasteiger charge is 2.50. The molecular formula is C33H45N5O5. The molecule has 0 radical (unpaired) electrons. The summed E-state index contributed by atoms with van der Waals surface area (Å²) in [6.07, 6.45) is 7.52. The monoisotopic (exact) mass is 591 g/mol. The minimum Gasteiger partial charge on any atom is -0.595 e. The van der Waals surface area contributed by atoms with Crippen LogP contribution in [-0.4, -0.2) is 84.0 Å². The van der Waals surface area contributed by atoms with E-state index in [1.165, 1.54) is 38.8 Å². The number of carbonyl (C=O) groups is 1. The van der Waals surface area contributed by atoms with Crippen molar-refractivity contribution in [2.75, 3.05) is 51.3 Å². The lowest BCUT2D eigenvalue weighted by Gasteiger charge is -2.55. The Morgan fingerprint density at radius 1 is 1.14 bits per heavy atom. The Kier molecular flexibility index (Phi) is 8.07. The SMILES string of the molecule is COCCN(C[C@@H]1CCCN2CCCC[C@H]12)C(=O)[C@@H]1Cc2cc([NH+]([O-])O)ccc2N2CC3CC(Cn4c3cccc4=O)[C@@H]12. The maximum Gasteiger partial charge on any atom is 0.250 e. The van der Waals surface area contributed by atoms with Crippen LogP contribution in [0.3, 0.4) is 0 Å². The quantitative estimate of drug-likeness (QED) is 0.476. The zero-order valence-corrected chi connectivity index (χ0v) is 25.2. The normalized spacial score (nSPS) is 30.4. The van der Waals surface area contributed by atoms with Gasteiger partial charge in [0, 0.05) is 80.9 Å². The van der Waals surface area contributed by atoms with Gasteiger partial charge >= 0.3 is 0 Å². The van der Waals surface area contributed by atoms with E-state index in [0.29, 0.717) is 44.6 Å². The van der Waals surface area contributed by atoms with Gasteiger partial charge in [0.25, 0.3) is 5.56 Å². The van der Waals surface area contributed by atoms with E-state index in [1.807, 2.05) is 16.7 Å². The van der Waals surface area contributed by atoms with Gasteiger partial charge in [-0.15, -0.1) is 0 Å². The third-order valence-electron chi connectivity index (χ3n) is 11.1. The summed E-state index contributed by atoms with van der Waals surface area (Å²) in [5.74, 6) is 0.632. The standard InChI is InChI=1S/C33H45N5O5/c1-43-15-14-35(19-22-6-5-13-34-12-3-2-7-28(22)34)33(40)27-18-23-17-26(38(41)42)10-11-30(23)37-20-24-16-25(32(27)37)21-36-29(24)8-4-9-31(36)39/h4,8-11,17,22,24-25,27-28,32,38,41H,2-3,5-7,12-16,18-21H2,1H3/t22-,24?,25?,27+,28+,32-/m0/s1. The average Bonchev–Trinajstić information content (AvgIpc) is 3.02. The van der Waals surface area contributed by atoms with Gasteiger partial charge < -0.3 is 29.2 Å². The molecule has 1 aromatic carbocycles. The van der Waals surface area contributed by atoms with Crippen molar-refractivity contribution < 1.29 is 20.0 Å². The maximum absolute atomic E-state index is 14.8. The van der Waals surface area contributed by atoms with Gasteiger partial charge in [0.2, 0.25) is 5.91 Å². The number of anilines is 1. The van der Waals surface area contributed by atoms with E-state index in [-0.39, 0.29) is 40.9 Å². The van der Waals surface area contributed by atoms with Gasteiger partial charge in [-0.3, -0.25) is 9.59 Å². The zero-order valence-electron chi connectivity index (χ0n) is 25.2. The number of hydrogen-bond donors (Lipinski definition) is 2. The van der Waals surface area contributed by atoms with Crippen LogP contribution < -0.4 is 15.7 Å². The Balaban J connectivity index is 1.24. The van der Waals surface area contributed by atoms with Crippen LogP contribution >= 0.6 is 0 Å². The molecule has 3 unspecified atom stereocenters. The van der Waals surface area contributed by atoms with Gasteiger partial charge in [0.1, 0.15) is 0 Å². The highest BCUT2D eigenvalue weighted by molar-refractivity contribution is 5.82.